The van der Waals surface area contributed by atoms with Crippen LogP contribution in [0.4, 0.5) is 0 Å². The Morgan fingerprint density at radius 3 is 2.45 bits per heavy atom. The second-order valence-corrected chi connectivity index (χ2v) is 5.96. The standard InChI is InChI=1S/C15H22O5/c16-8-7-10-9(5-3-1-2-4-6-11(17)18)12-14-15(20-14)13(10)19-12/h1,3,9-10,12-16H,2,4-8H2,(H,17,18)/t9-,10+,12+,13-,14-,15+/m0/s1. The van der Waals surface area contributed by atoms with Gasteiger partial charge in [0.25, 0.3) is 0 Å². The van der Waals surface area contributed by atoms with E-state index in [0.29, 0.717) is 24.4 Å². The van der Waals surface area contributed by atoms with Crippen LogP contribution in [-0.4, -0.2) is 47.2 Å². The van der Waals surface area contributed by atoms with Crippen molar-refractivity contribution in [3.63, 3.8) is 0 Å². The smallest absolute Gasteiger partial charge is 0.303 e. The Balaban J connectivity index is 1.46. The zero-order valence-corrected chi connectivity index (χ0v) is 11.5. The summed E-state index contributed by atoms with van der Waals surface area (Å²) in [6.45, 7) is 0.202. The molecule has 0 aromatic rings. The molecule has 0 saturated carbocycles. The van der Waals surface area contributed by atoms with E-state index in [1.165, 1.54) is 0 Å². The lowest BCUT2D eigenvalue weighted by molar-refractivity contribution is -0.137. The van der Waals surface area contributed by atoms with Crippen molar-refractivity contribution in [2.75, 3.05) is 6.61 Å². The zero-order chi connectivity index (χ0) is 14.1. The monoisotopic (exact) mass is 282 g/mol. The lowest BCUT2D eigenvalue weighted by Gasteiger charge is -2.24. The third kappa shape index (κ3) is 2.62. The normalized spacial score (nSPS) is 41.2. The van der Waals surface area contributed by atoms with Crippen molar-refractivity contribution in [1.82, 2.24) is 0 Å². The van der Waals surface area contributed by atoms with E-state index in [1.807, 2.05) is 0 Å². The zero-order valence-electron chi connectivity index (χ0n) is 11.5. The van der Waals surface area contributed by atoms with Gasteiger partial charge in [0.15, 0.2) is 0 Å². The lowest BCUT2D eigenvalue weighted by atomic mass is 9.76. The summed E-state index contributed by atoms with van der Waals surface area (Å²) in [5.41, 5.74) is 0. The molecule has 6 atom stereocenters. The molecule has 5 heteroatoms. The van der Waals surface area contributed by atoms with E-state index in [4.69, 9.17) is 14.6 Å². The Hall–Kier alpha value is -0.910. The Bertz CT molecular complexity index is 394. The molecule has 3 heterocycles. The number of unbranched alkanes of at least 4 members (excludes halogenated alkanes) is 1. The Morgan fingerprint density at radius 2 is 1.75 bits per heavy atom. The second-order valence-electron chi connectivity index (χ2n) is 5.96. The molecule has 0 aromatic heterocycles. The van der Waals surface area contributed by atoms with Crippen molar-refractivity contribution in [3.8, 4) is 0 Å². The summed E-state index contributed by atoms with van der Waals surface area (Å²) < 4.78 is 11.6. The summed E-state index contributed by atoms with van der Waals surface area (Å²) in [6, 6.07) is 0. The van der Waals surface area contributed by atoms with Gasteiger partial charge in [-0.05, 0) is 37.5 Å². The number of hydrogen-bond donors (Lipinski definition) is 2. The first-order chi connectivity index (χ1) is 9.72. The van der Waals surface area contributed by atoms with Crippen molar-refractivity contribution in [2.45, 2.75) is 56.5 Å². The maximum absolute atomic E-state index is 10.4. The molecule has 0 radical (unpaired) electrons. The van der Waals surface area contributed by atoms with E-state index >= 15 is 0 Å². The van der Waals surface area contributed by atoms with Crippen LogP contribution in [0.25, 0.3) is 0 Å². The van der Waals surface area contributed by atoms with Crippen LogP contribution in [0.1, 0.15) is 32.1 Å². The van der Waals surface area contributed by atoms with Crippen LogP contribution in [0.2, 0.25) is 0 Å². The molecule has 0 spiro atoms. The highest BCUT2D eigenvalue weighted by Gasteiger charge is 2.68. The number of rotatable bonds is 8. The number of ether oxygens (including phenoxy) is 2. The second kappa shape index (κ2) is 5.84. The summed E-state index contributed by atoms with van der Waals surface area (Å²) in [5.74, 6) is 0.101. The molecular formula is C15H22O5. The minimum atomic E-state index is -0.736. The van der Waals surface area contributed by atoms with Crippen LogP contribution < -0.4 is 0 Å². The Kier molecular flexibility index (Phi) is 4.10. The highest BCUT2D eigenvalue weighted by atomic mass is 16.7. The number of fused-ring (bicyclic) bond motifs is 5. The Morgan fingerprint density at radius 1 is 1.05 bits per heavy atom. The predicted octanol–water partition coefficient (Wildman–Crippen LogP) is 1.35. The van der Waals surface area contributed by atoms with Crippen molar-refractivity contribution in [1.29, 1.82) is 0 Å². The van der Waals surface area contributed by atoms with Crippen molar-refractivity contribution >= 4 is 5.97 Å². The maximum Gasteiger partial charge on any atom is 0.303 e. The van der Waals surface area contributed by atoms with Crippen molar-refractivity contribution < 1.29 is 24.5 Å². The van der Waals surface area contributed by atoms with Gasteiger partial charge in [-0.3, -0.25) is 4.79 Å². The number of hydrogen-bond acceptors (Lipinski definition) is 4. The Labute approximate surface area is 118 Å². The SMILES string of the molecule is O=C(O)CCCC=CC[C@H]1[C@@H](CCO)[C@@H]2O[C@H]1[C@@H]1O[C@@H]12. The first-order valence-electron chi connectivity index (χ1n) is 7.51. The molecule has 5 nitrogen and oxygen atoms in total. The number of aliphatic hydroxyl groups is 1. The lowest BCUT2D eigenvalue weighted by Crippen LogP contribution is -2.33. The third-order valence-electron chi connectivity index (χ3n) is 4.72. The van der Waals surface area contributed by atoms with Gasteiger partial charge in [-0.25, -0.2) is 0 Å². The molecular weight excluding hydrogens is 260 g/mol. The average molecular weight is 282 g/mol. The summed E-state index contributed by atoms with van der Waals surface area (Å²) in [7, 11) is 0. The molecule has 3 aliphatic heterocycles. The average Bonchev–Trinajstić information content (AvgIpc) is 3.04. The van der Waals surface area contributed by atoms with Gasteiger partial charge >= 0.3 is 5.97 Å². The number of carboxylic acid groups (broad SMARTS) is 1. The van der Waals surface area contributed by atoms with E-state index in [0.717, 1.165) is 19.3 Å². The van der Waals surface area contributed by atoms with Gasteiger partial charge in [0.2, 0.25) is 0 Å². The topological polar surface area (TPSA) is 79.3 Å². The van der Waals surface area contributed by atoms with Gasteiger partial charge in [-0.15, -0.1) is 0 Å². The summed E-state index contributed by atoms with van der Waals surface area (Å²) in [6.07, 6.45) is 8.60. The minimum absolute atomic E-state index is 0.183. The largest absolute Gasteiger partial charge is 0.481 e. The van der Waals surface area contributed by atoms with Crippen LogP contribution in [0.15, 0.2) is 12.2 Å². The summed E-state index contributed by atoms with van der Waals surface area (Å²) in [5, 5.41) is 17.8. The molecule has 3 fully saturated rings. The maximum atomic E-state index is 10.4. The molecule has 3 saturated heterocycles. The molecule has 20 heavy (non-hydrogen) atoms. The van der Waals surface area contributed by atoms with Gasteiger partial charge < -0.3 is 19.7 Å². The third-order valence-corrected chi connectivity index (χ3v) is 4.72. The van der Waals surface area contributed by atoms with Gasteiger partial charge in [0.1, 0.15) is 12.2 Å². The fourth-order valence-electron chi connectivity index (χ4n) is 3.76. The van der Waals surface area contributed by atoms with Gasteiger partial charge in [-0.2, -0.15) is 0 Å². The fourth-order valence-corrected chi connectivity index (χ4v) is 3.76. The number of allylic oxidation sites excluding steroid dienone is 2. The van der Waals surface area contributed by atoms with Gasteiger partial charge in [-0.1, -0.05) is 12.2 Å². The summed E-state index contributed by atoms with van der Waals surface area (Å²) >= 11 is 0. The highest BCUT2D eigenvalue weighted by molar-refractivity contribution is 5.66. The molecule has 0 aliphatic carbocycles. The minimum Gasteiger partial charge on any atom is -0.481 e. The molecule has 112 valence electrons. The molecule has 0 aromatic carbocycles. The van der Waals surface area contributed by atoms with E-state index in [-0.39, 0.29) is 31.3 Å². The van der Waals surface area contributed by atoms with Crippen LogP contribution in [0, 0.1) is 11.8 Å². The number of aliphatic hydroxyl groups excluding tert-OH is 1. The van der Waals surface area contributed by atoms with E-state index < -0.39 is 5.97 Å². The molecule has 3 rings (SSSR count). The number of epoxide rings is 1. The summed E-state index contributed by atoms with van der Waals surface area (Å²) in [4.78, 5) is 10.4. The van der Waals surface area contributed by atoms with Crippen LogP contribution in [-0.2, 0) is 14.3 Å². The van der Waals surface area contributed by atoms with Gasteiger partial charge in [0.05, 0.1) is 12.2 Å². The highest BCUT2D eigenvalue weighted by Crippen LogP contribution is 2.55. The van der Waals surface area contributed by atoms with Crippen molar-refractivity contribution in [2.24, 2.45) is 11.8 Å². The number of aliphatic carboxylic acids is 1. The molecule has 2 bridgehead atoms. The van der Waals surface area contributed by atoms with E-state index in [9.17, 15) is 9.90 Å². The first-order valence-corrected chi connectivity index (χ1v) is 7.51. The quantitative estimate of drug-likeness (QED) is 0.399. The van der Waals surface area contributed by atoms with E-state index in [2.05, 4.69) is 12.2 Å². The van der Waals surface area contributed by atoms with E-state index in [1.54, 1.807) is 0 Å². The molecule has 0 amide bonds. The van der Waals surface area contributed by atoms with Crippen LogP contribution in [0.3, 0.4) is 0 Å². The molecule has 3 aliphatic rings. The van der Waals surface area contributed by atoms with Crippen LogP contribution in [0.5, 0.6) is 0 Å². The predicted molar refractivity (Wildman–Crippen MR) is 71.2 cm³/mol. The molecule has 0 unspecified atom stereocenters. The van der Waals surface area contributed by atoms with Crippen molar-refractivity contribution in [3.05, 3.63) is 12.2 Å². The fraction of sp³-hybridized carbons (Fsp3) is 0.800. The number of carboxylic acids is 1. The molecule has 2 N–H and O–H groups in total. The van der Waals surface area contributed by atoms with Gasteiger partial charge in [0, 0.05) is 13.0 Å². The number of carbonyl (C=O) groups is 1. The van der Waals surface area contributed by atoms with Crippen LogP contribution >= 0.6 is 0 Å². The first kappa shape index (κ1) is 14.0.